The Kier molecular flexibility index (Phi) is 4.05. The Morgan fingerprint density at radius 2 is 1.94 bits per heavy atom. The van der Waals surface area contributed by atoms with Crippen molar-refractivity contribution in [3.05, 3.63) is 36.1 Å². The second-order valence-corrected chi connectivity index (χ2v) is 4.28. The molecular formula is C13H17ClN2O. The van der Waals surface area contributed by atoms with Crippen LogP contribution in [0.2, 0.25) is 0 Å². The number of para-hydroxylation sites is 1. The lowest BCUT2D eigenvalue weighted by atomic mass is 10.2. The molecule has 3 nitrogen and oxygen atoms in total. The van der Waals surface area contributed by atoms with Crippen LogP contribution in [0.4, 0.5) is 0 Å². The van der Waals surface area contributed by atoms with Gasteiger partial charge in [-0.2, -0.15) is 0 Å². The van der Waals surface area contributed by atoms with Crippen LogP contribution in [-0.4, -0.2) is 31.1 Å². The van der Waals surface area contributed by atoms with Crippen LogP contribution in [0.1, 0.15) is 5.76 Å². The van der Waals surface area contributed by atoms with Crippen molar-refractivity contribution in [2.45, 2.75) is 6.54 Å². The normalized spacial score (nSPS) is 16.9. The second kappa shape index (κ2) is 5.54. The molecule has 0 atom stereocenters. The van der Waals surface area contributed by atoms with E-state index in [0.29, 0.717) is 0 Å². The molecule has 0 aliphatic carbocycles. The molecule has 1 N–H and O–H groups in total. The SMILES string of the molecule is Cl.c1ccc2oc(CN3CCNCC3)cc2c1. The molecule has 1 saturated heterocycles. The molecule has 0 unspecified atom stereocenters. The molecule has 0 saturated carbocycles. The minimum atomic E-state index is 0. The maximum atomic E-state index is 5.81. The average Bonchev–Trinajstić information content (AvgIpc) is 2.72. The van der Waals surface area contributed by atoms with E-state index < -0.39 is 0 Å². The van der Waals surface area contributed by atoms with E-state index in [2.05, 4.69) is 22.3 Å². The molecule has 2 heterocycles. The smallest absolute Gasteiger partial charge is 0.134 e. The van der Waals surface area contributed by atoms with Crippen molar-refractivity contribution >= 4 is 23.4 Å². The highest BCUT2D eigenvalue weighted by atomic mass is 35.5. The number of nitrogens with zero attached hydrogens (tertiary/aromatic N) is 1. The van der Waals surface area contributed by atoms with Gasteiger partial charge in [0.1, 0.15) is 11.3 Å². The van der Waals surface area contributed by atoms with Gasteiger partial charge in [-0.25, -0.2) is 0 Å². The minimum absolute atomic E-state index is 0. The van der Waals surface area contributed by atoms with Crippen LogP contribution >= 0.6 is 12.4 Å². The summed E-state index contributed by atoms with van der Waals surface area (Å²) in [5, 5.41) is 4.56. The number of benzene rings is 1. The molecule has 0 radical (unpaired) electrons. The summed E-state index contributed by atoms with van der Waals surface area (Å²) in [5.74, 6) is 1.07. The van der Waals surface area contributed by atoms with E-state index in [1.807, 2.05) is 18.2 Å². The van der Waals surface area contributed by atoms with Gasteiger partial charge in [0.2, 0.25) is 0 Å². The Hall–Kier alpha value is -1.03. The quantitative estimate of drug-likeness (QED) is 0.889. The first-order valence-electron chi connectivity index (χ1n) is 5.82. The predicted octanol–water partition coefficient (Wildman–Crippen LogP) is 2.26. The molecule has 4 heteroatoms. The van der Waals surface area contributed by atoms with Crippen molar-refractivity contribution in [2.24, 2.45) is 0 Å². The molecule has 92 valence electrons. The number of hydrogen-bond donors (Lipinski definition) is 1. The van der Waals surface area contributed by atoms with Gasteiger partial charge in [-0.15, -0.1) is 12.4 Å². The number of piperazine rings is 1. The number of fused-ring (bicyclic) bond motifs is 1. The fourth-order valence-corrected chi connectivity index (χ4v) is 2.20. The number of hydrogen-bond acceptors (Lipinski definition) is 3. The Morgan fingerprint density at radius 3 is 2.71 bits per heavy atom. The summed E-state index contributed by atoms with van der Waals surface area (Å²) in [6.07, 6.45) is 0. The van der Waals surface area contributed by atoms with Crippen LogP contribution in [0.5, 0.6) is 0 Å². The fourth-order valence-electron chi connectivity index (χ4n) is 2.20. The van der Waals surface area contributed by atoms with Crippen LogP contribution in [0.25, 0.3) is 11.0 Å². The van der Waals surface area contributed by atoms with E-state index in [-0.39, 0.29) is 12.4 Å². The van der Waals surface area contributed by atoms with Gasteiger partial charge in [0, 0.05) is 31.6 Å². The molecule has 1 aromatic heterocycles. The molecule has 0 amide bonds. The van der Waals surface area contributed by atoms with E-state index in [9.17, 15) is 0 Å². The van der Waals surface area contributed by atoms with Crippen LogP contribution < -0.4 is 5.32 Å². The van der Waals surface area contributed by atoms with Crippen molar-refractivity contribution in [3.8, 4) is 0 Å². The molecule has 0 spiro atoms. The molecule has 1 fully saturated rings. The number of rotatable bonds is 2. The van der Waals surface area contributed by atoms with Gasteiger partial charge < -0.3 is 9.73 Å². The topological polar surface area (TPSA) is 28.4 Å². The van der Waals surface area contributed by atoms with E-state index in [0.717, 1.165) is 44.1 Å². The fraction of sp³-hybridized carbons (Fsp3) is 0.385. The number of nitrogens with one attached hydrogen (secondary N) is 1. The third-order valence-electron chi connectivity index (χ3n) is 3.07. The lowest BCUT2D eigenvalue weighted by Crippen LogP contribution is -2.42. The molecule has 1 aliphatic heterocycles. The van der Waals surface area contributed by atoms with E-state index in [1.54, 1.807) is 0 Å². The van der Waals surface area contributed by atoms with Gasteiger partial charge in [-0.1, -0.05) is 18.2 Å². The molecule has 1 aliphatic rings. The Balaban J connectivity index is 0.00000108. The van der Waals surface area contributed by atoms with Gasteiger partial charge in [-0.3, -0.25) is 4.90 Å². The third kappa shape index (κ3) is 2.80. The van der Waals surface area contributed by atoms with Gasteiger partial charge in [-0.05, 0) is 12.1 Å². The van der Waals surface area contributed by atoms with Gasteiger partial charge >= 0.3 is 0 Å². The first-order chi connectivity index (χ1) is 7.92. The van der Waals surface area contributed by atoms with Gasteiger partial charge in [0.05, 0.1) is 6.54 Å². The molecule has 0 bridgehead atoms. The lowest BCUT2D eigenvalue weighted by molar-refractivity contribution is 0.218. The zero-order chi connectivity index (χ0) is 10.8. The van der Waals surface area contributed by atoms with Crippen LogP contribution in [0.15, 0.2) is 34.7 Å². The monoisotopic (exact) mass is 252 g/mol. The second-order valence-electron chi connectivity index (χ2n) is 4.28. The van der Waals surface area contributed by atoms with Crippen molar-refractivity contribution in [3.63, 3.8) is 0 Å². The van der Waals surface area contributed by atoms with Gasteiger partial charge in [0.15, 0.2) is 0 Å². The molecule has 1 aromatic carbocycles. The van der Waals surface area contributed by atoms with E-state index in [1.165, 1.54) is 5.39 Å². The zero-order valence-corrected chi connectivity index (χ0v) is 10.5. The van der Waals surface area contributed by atoms with E-state index in [4.69, 9.17) is 4.42 Å². The standard InChI is InChI=1S/C13H16N2O.ClH/c1-2-4-13-11(3-1)9-12(16-13)10-15-7-5-14-6-8-15;/h1-4,9,14H,5-8,10H2;1H. The Morgan fingerprint density at radius 1 is 1.18 bits per heavy atom. The lowest BCUT2D eigenvalue weighted by Gasteiger charge is -2.26. The summed E-state index contributed by atoms with van der Waals surface area (Å²) in [6, 6.07) is 10.3. The highest BCUT2D eigenvalue weighted by Gasteiger charge is 2.12. The summed E-state index contributed by atoms with van der Waals surface area (Å²) in [5.41, 5.74) is 0.993. The third-order valence-corrected chi connectivity index (χ3v) is 3.07. The van der Waals surface area contributed by atoms with Crippen LogP contribution in [0, 0.1) is 0 Å². The molecule has 17 heavy (non-hydrogen) atoms. The summed E-state index contributed by atoms with van der Waals surface area (Å²) in [7, 11) is 0. The molecular weight excluding hydrogens is 236 g/mol. The Labute approximate surface area is 107 Å². The average molecular weight is 253 g/mol. The van der Waals surface area contributed by atoms with E-state index >= 15 is 0 Å². The van der Waals surface area contributed by atoms with Crippen molar-refractivity contribution in [1.82, 2.24) is 10.2 Å². The van der Waals surface area contributed by atoms with Crippen molar-refractivity contribution < 1.29 is 4.42 Å². The summed E-state index contributed by atoms with van der Waals surface area (Å²) in [4.78, 5) is 2.42. The van der Waals surface area contributed by atoms with Crippen molar-refractivity contribution in [1.29, 1.82) is 0 Å². The van der Waals surface area contributed by atoms with Crippen molar-refractivity contribution in [2.75, 3.05) is 26.2 Å². The maximum absolute atomic E-state index is 5.81. The summed E-state index contributed by atoms with van der Waals surface area (Å²) in [6.45, 7) is 5.31. The van der Waals surface area contributed by atoms with Gasteiger partial charge in [0.25, 0.3) is 0 Å². The summed E-state index contributed by atoms with van der Waals surface area (Å²) >= 11 is 0. The maximum Gasteiger partial charge on any atom is 0.134 e. The first kappa shape index (κ1) is 12.4. The Bertz CT molecular complexity index is 444. The molecule has 3 rings (SSSR count). The number of halogens is 1. The number of furan rings is 1. The summed E-state index contributed by atoms with van der Waals surface area (Å²) < 4.78 is 5.81. The largest absolute Gasteiger partial charge is 0.460 e. The molecule has 2 aromatic rings. The highest BCUT2D eigenvalue weighted by Crippen LogP contribution is 2.19. The van der Waals surface area contributed by atoms with Crippen LogP contribution in [0.3, 0.4) is 0 Å². The predicted molar refractivity (Wildman–Crippen MR) is 71.6 cm³/mol. The minimum Gasteiger partial charge on any atom is -0.460 e. The van der Waals surface area contributed by atoms with Crippen LogP contribution in [-0.2, 0) is 6.54 Å². The highest BCUT2D eigenvalue weighted by molar-refractivity contribution is 5.85. The first-order valence-corrected chi connectivity index (χ1v) is 5.82. The zero-order valence-electron chi connectivity index (χ0n) is 9.69.